The van der Waals surface area contributed by atoms with Gasteiger partial charge >= 0.3 is 0 Å². The lowest BCUT2D eigenvalue weighted by molar-refractivity contribution is -0.113. The number of nitriles is 1. The van der Waals surface area contributed by atoms with E-state index >= 15 is 0 Å². The summed E-state index contributed by atoms with van der Waals surface area (Å²) in [6.45, 7) is 2.09. The lowest BCUT2D eigenvalue weighted by atomic mass is 10.0. The summed E-state index contributed by atoms with van der Waals surface area (Å²) in [5, 5.41) is 11.6. The van der Waals surface area contributed by atoms with Crippen LogP contribution in [0, 0.1) is 18.3 Å². The molecule has 0 aromatic heterocycles. The fraction of sp³-hybridized carbons (Fsp3) is 0.0455. The van der Waals surface area contributed by atoms with Gasteiger partial charge in [0.25, 0.3) is 5.91 Å². The number of rotatable bonds is 2. The Hall–Kier alpha value is -3.16. The molecule has 4 heteroatoms. The van der Waals surface area contributed by atoms with Gasteiger partial charge in [-0.15, -0.1) is 0 Å². The van der Waals surface area contributed by atoms with E-state index in [4.69, 9.17) is 0 Å². The van der Waals surface area contributed by atoms with Crippen LogP contribution in [-0.4, -0.2) is 11.6 Å². The van der Waals surface area contributed by atoms with Gasteiger partial charge in [-0.3, -0.25) is 4.79 Å². The monoisotopic (exact) mass is 352 g/mol. The number of carbonyl (C=O) groups is 1. The molecule has 1 heterocycles. The van der Waals surface area contributed by atoms with Gasteiger partial charge in [0.15, 0.2) is 0 Å². The van der Waals surface area contributed by atoms with Crippen molar-refractivity contribution < 1.29 is 4.79 Å². The van der Waals surface area contributed by atoms with E-state index in [0.29, 0.717) is 11.3 Å². The maximum Gasteiger partial charge on any atom is 0.288 e. The summed E-state index contributed by atoms with van der Waals surface area (Å²) in [7, 11) is 0. The molecule has 0 spiro atoms. The van der Waals surface area contributed by atoms with Gasteiger partial charge in [0.1, 0.15) is 11.6 Å². The summed E-state index contributed by atoms with van der Waals surface area (Å²) < 4.78 is 0. The van der Waals surface area contributed by atoms with Gasteiger partial charge in [-0.05, 0) is 36.1 Å². The van der Waals surface area contributed by atoms with Crippen LogP contribution in [0.25, 0.3) is 16.3 Å². The molecule has 0 saturated carbocycles. The van der Waals surface area contributed by atoms with Crippen molar-refractivity contribution in [3.8, 4) is 6.07 Å². The third kappa shape index (κ3) is 2.01. The van der Waals surface area contributed by atoms with Crippen molar-refractivity contribution in [1.29, 1.82) is 5.26 Å². The molecule has 0 atom stereocenters. The third-order valence-electron chi connectivity index (χ3n) is 4.77. The first-order chi connectivity index (χ1) is 12.7. The number of hydrogen-bond donors (Lipinski definition) is 0. The number of aliphatic imine (C=N–C) groups is 1. The highest BCUT2D eigenvalue weighted by atomic mass is 32.2. The van der Waals surface area contributed by atoms with E-state index in [1.165, 1.54) is 10.5 Å². The van der Waals surface area contributed by atoms with E-state index in [0.717, 1.165) is 26.8 Å². The average molecular weight is 352 g/mol. The van der Waals surface area contributed by atoms with E-state index in [9.17, 15) is 10.1 Å². The number of fused-ring (bicyclic) bond motifs is 3. The molecule has 0 N–H and O–H groups in total. The fourth-order valence-electron chi connectivity index (χ4n) is 3.68. The Morgan fingerprint density at radius 3 is 2.69 bits per heavy atom. The van der Waals surface area contributed by atoms with Gasteiger partial charge in [0, 0.05) is 26.3 Å². The summed E-state index contributed by atoms with van der Waals surface area (Å²) in [6, 6.07) is 20.6. The van der Waals surface area contributed by atoms with Crippen LogP contribution in [0.5, 0.6) is 0 Å². The lowest BCUT2D eigenvalue weighted by Crippen LogP contribution is -1.93. The van der Waals surface area contributed by atoms with Crippen molar-refractivity contribution in [2.24, 2.45) is 4.99 Å². The zero-order valence-corrected chi connectivity index (χ0v) is 14.7. The Labute approximate surface area is 154 Å². The Morgan fingerprint density at radius 1 is 1.04 bits per heavy atom. The molecule has 0 radical (unpaired) electrons. The van der Waals surface area contributed by atoms with Crippen LogP contribution in [-0.2, 0) is 4.79 Å². The highest BCUT2D eigenvalue weighted by Crippen LogP contribution is 2.46. The van der Waals surface area contributed by atoms with Crippen molar-refractivity contribution >= 4 is 39.7 Å². The highest BCUT2D eigenvalue weighted by Gasteiger charge is 2.36. The number of nitrogens with zero attached hydrogens (tertiary/aromatic N) is 2. The second-order valence-corrected chi connectivity index (χ2v) is 7.50. The Balaban J connectivity index is 1.74. The Kier molecular flexibility index (Phi) is 3.15. The molecule has 0 fully saturated rings. The first kappa shape index (κ1) is 15.1. The Bertz CT molecular complexity index is 1240. The maximum atomic E-state index is 12.0. The molecule has 3 aromatic rings. The molecular weight excluding hydrogens is 340 g/mol. The van der Waals surface area contributed by atoms with Crippen molar-refractivity contribution in [1.82, 2.24) is 0 Å². The van der Waals surface area contributed by atoms with Gasteiger partial charge in [-0.2, -0.15) is 5.26 Å². The minimum Gasteiger partial charge on any atom is -0.266 e. The van der Waals surface area contributed by atoms with Crippen molar-refractivity contribution in [3.05, 3.63) is 76.9 Å². The van der Waals surface area contributed by atoms with Crippen molar-refractivity contribution in [3.63, 3.8) is 0 Å². The van der Waals surface area contributed by atoms with Crippen molar-refractivity contribution in [2.75, 3.05) is 0 Å². The Morgan fingerprint density at radius 2 is 1.88 bits per heavy atom. The molecule has 5 rings (SSSR count). The third-order valence-corrected chi connectivity index (χ3v) is 5.83. The number of aryl methyl sites for hydroxylation is 1. The van der Waals surface area contributed by atoms with Gasteiger partial charge < -0.3 is 0 Å². The maximum absolute atomic E-state index is 12.0. The topological polar surface area (TPSA) is 53.2 Å². The van der Waals surface area contributed by atoms with E-state index in [-0.39, 0.29) is 5.57 Å². The molecule has 122 valence electrons. The summed E-state index contributed by atoms with van der Waals surface area (Å²) in [5.41, 5.74) is 4.59. The number of amides is 1. The second kappa shape index (κ2) is 5.42. The average Bonchev–Trinajstić information content (AvgIpc) is 3.12. The van der Waals surface area contributed by atoms with Gasteiger partial charge in [0.05, 0.1) is 5.71 Å². The van der Waals surface area contributed by atoms with Crippen LogP contribution < -0.4 is 0 Å². The predicted molar refractivity (Wildman–Crippen MR) is 103 cm³/mol. The van der Waals surface area contributed by atoms with Crippen LogP contribution in [0.15, 0.2) is 75.0 Å². The molecule has 3 nitrogen and oxygen atoms in total. The minimum atomic E-state index is -0.432. The molecule has 2 aliphatic rings. The lowest BCUT2D eigenvalue weighted by Gasteiger charge is -2.09. The summed E-state index contributed by atoms with van der Waals surface area (Å²) in [5.74, 6) is -0.432. The number of allylic oxidation sites excluding steroid dienone is 1. The van der Waals surface area contributed by atoms with Gasteiger partial charge in [0.2, 0.25) is 0 Å². The molecule has 0 bridgehead atoms. The SMILES string of the molecule is Cc1cccc(Sc2ccc3c4c(cccc24)C2=NC(=O)C(C#N)=C23)c1. The van der Waals surface area contributed by atoms with Crippen LogP contribution >= 0.6 is 11.8 Å². The molecule has 1 aliphatic heterocycles. The first-order valence-electron chi connectivity index (χ1n) is 8.26. The smallest absolute Gasteiger partial charge is 0.266 e. The van der Waals surface area contributed by atoms with E-state index in [2.05, 4.69) is 48.3 Å². The zero-order chi connectivity index (χ0) is 17.8. The molecular formula is C22H12N2OS. The molecule has 1 aliphatic carbocycles. The quantitative estimate of drug-likeness (QED) is 0.658. The first-order valence-corrected chi connectivity index (χ1v) is 9.08. The predicted octanol–water partition coefficient (Wildman–Crippen LogP) is 4.92. The standard InChI is InChI=1S/C22H12N2OS/c1-12-4-2-5-13(10-12)26-18-9-8-15-19-14(18)6-3-7-16(19)21-20(15)17(11-23)22(25)24-21/h2-10H,1H3. The van der Waals surface area contributed by atoms with Crippen LogP contribution in [0.4, 0.5) is 0 Å². The van der Waals surface area contributed by atoms with Gasteiger partial charge in [-0.25, -0.2) is 4.99 Å². The van der Waals surface area contributed by atoms with Crippen LogP contribution in [0.3, 0.4) is 0 Å². The molecule has 1 amide bonds. The van der Waals surface area contributed by atoms with Crippen molar-refractivity contribution in [2.45, 2.75) is 16.7 Å². The number of benzene rings is 3. The van der Waals surface area contributed by atoms with Crippen LogP contribution in [0.2, 0.25) is 0 Å². The molecule has 3 aromatic carbocycles. The normalized spacial score (nSPS) is 14.6. The van der Waals surface area contributed by atoms with E-state index in [1.54, 1.807) is 11.8 Å². The molecule has 0 saturated heterocycles. The number of hydrogen-bond acceptors (Lipinski definition) is 3. The second-order valence-electron chi connectivity index (χ2n) is 6.39. The number of carbonyl (C=O) groups excluding carboxylic acids is 1. The minimum absolute atomic E-state index is 0.150. The largest absolute Gasteiger partial charge is 0.288 e. The summed E-state index contributed by atoms with van der Waals surface area (Å²) in [6.07, 6.45) is 0. The van der Waals surface area contributed by atoms with E-state index < -0.39 is 5.91 Å². The fourth-order valence-corrected chi connectivity index (χ4v) is 4.74. The zero-order valence-electron chi connectivity index (χ0n) is 13.9. The van der Waals surface area contributed by atoms with Gasteiger partial charge in [-0.1, -0.05) is 53.7 Å². The molecule has 26 heavy (non-hydrogen) atoms. The molecule has 0 unspecified atom stereocenters. The summed E-state index contributed by atoms with van der Waals surface area (Å²) >= 11 is 1.72. The van der Waals surface area contributed by atoms with E-state index in [1.807, 2.05) is 24.3 Å². The van der Waals surface area contributed by atoms with Crippen LogP contribution in [0.1, 0.15) is 16.7 Å². The highest BCUT2D eigenvalue weighted by molar-refractivity contribution is 7.99. The summed E-state index contributed by atoms with van der Waals surface area (Å²) in [4.78, 5) is 18.5.